The molecule has 2 aliphatic heterocycles. The lowest BCUT2D eigenvalue weighted by molar-refractivity contribution is -0.142. The van der Waals surface area contributed by atoms with Crippen molar-refractivity contribution >= 4 is 35.1 Å². The van der Waals surface area contributed by atoms with Crippen molar-refractivity contribution in [1.82, 2.24) is 4.90 Å². The fraction of sp³-hybridized carbons (Fsp3) is 0.393. The van der Waals surface area contributed by atoms with Gasteiger partial charge in [0.1, 0.15) is 18.1 Å². The fourth-order valence-electron chi connectivity index (χ4n) is 4.97. The van der Waals surface area contributed by atoms with Gasteiger partial charge in [-0.15, -0.1) is 0 Å². The van der Waals surface area contributed by atoms with Gasteiger partial charge in [0.25, 0.3) is 5.91 Å². The van der Waals surface area contributed by atoms with Gasteiger partial charge in [-0.3, -0.25) is 29.5 Å². The quantitative estimate of drug-likeness (QED) is 0.382. The number of carbonyl (C=O) groups excluding carboxylic acids is 3. The Morgan fingerprint density at radius 2 is 1.85 bits per heavy atom. The number of amidine groups is 1. The van der Waals surface area contributed by atoms with Crippen molar-refractivity contribution in [2.75, 3.05) is 32.2 Å². The molecule has 0 saturated carbocycles. The van der Waals surface area contributed by atoms with Crippen LogP contribution in [0.4, 0.5) is 10.1 Å². The zero-order chi connectivity index (χ0) is 30.4. The number of anilines is 1. The Labute approximate surface area is 235 Å². The number of carboxylic acids is 1. The minimum Gasteiger partial charge on any atom is -0.493 e. The van der Waals surface area contributed by atoms with Gasteiger partial charge in [-0.25, -0.2) is 4.39 Å². The van der Waals surface area contributed by atoms with Crippen LogP contribution in [0.3, 0.4) is 0 Å². The molecule has 2 heterocycles. The molecule has 0 aromatic heterocycles. The van der Waals surface area contributed by atoms with Gasteiger partial charge in [0.05, 0.1) is 38.4 Å². The second-order valence-electron chi connectivity index (χ2n) is 10.8. The lowest BCUT2D eigenvalue weighted by Gasteiger charge is -2.37. The van der Waals surface area contributed by atoms with Crippen molar-refractivity contribution in [3.05, 3.63) is 46.3 Å². The number of amides is 2. The number of rotatable bonds is 9. The molecule has 2 aromatic rings. The van der Waals surface area contributed by atoms with E-state index < -0.39 is 53.9 Å². The molecule has 2 aromatic carbocycles. The van der Waals surface area contributed by atoms with Crippen molar-refractivity contribution in [2.24, 2.45) is 5.73 Å². The standard InChI is InChI=1S/C28H31FN4O8/c1-28(2,3)15-6-13(7-16-24(15)41-19(9-21(36)37)27(38)33(16)12-20(30)35)17(34)11-32-10-14-8-18(39-4)25(40-5)23(29)22(14)26(32)31/h6-8,19,31H,9-12H2,1-5H3,(H2,30,35)(H,36,37). The molecule has 0 aliphatic carbocycles. The van der Waals surface area contributed by atoms with Gasteiger partial charge in [0.15, 0.2) is 29.2 Å². The Kier molecular flexibility index (Phi) is 7.66. The summed E-state index contributed by atoms with van der Waals surface area (Å²) >= 11 is 0. The van der Waals surface area contributed by atoms with E-state index in [2.05, 4.69) is 0 Å². The van der Waals surface area contributed by atoms with Crippen LogP contribution in [0, 0.1) is 11.2 Å². The first-order valence-corrected chi connectivity index (χ1v) is 12.6. The molecule has 12 nitrogen and oxygen atoms in total. The number of Topliss-reactive ketones (excluding diaryl/α,β-unsaturated/α-hetero) is 1. The molecule has 13 heteroatoms. The van der Waals surface area contributed by atoms with Gasteiger partial charge in [-0.05, 0) is 29.2 Å². The molecule has 0 spiro atoms. The van der Waals surface area contributed by atoms with E-state index in [1.54, 1.807) is 12.1 Å². The Balaban J connectivity index is 1.74. The number of halogens is 1. The average Bonchev–Trinajstić information content (AvgIpc) is 3.19. The van der Waals surface area contributed by atoms with Crippen molar-refractivity contribution in [2.45, 2.75) is 45.3 Å². The second-order valence-corrected chi connectivity index (χ2v) is 10.8. The molecule has 4 N–H and O–H groups in total. The minimum absolute atomic E-state index is 0.00683. The SMILES string of the molecule is COc1cc2c(c(F)c1OC)C(=N)N(CC(=O)c1cc3c(c(C(C)(C)C)c1)OC(CC(=O)O)C(=O)N3CC(N)=O)C2. The minimum atomic E-state index is -1.39. The Morgan fingerprint density at radius 3 is 2.41 bits per heavy atom. The molecule has 218 valence electrons. The second kappa shape index (κ2) is 10.7. The molecule has 0 radical (unpaired) electrons. The summed E-state index contributed by atoms with van der Waals surface area (Å²) in [5, 5.41) is 17.9. The summed E-state index contributed by atoms with van der Waals surface area (Å²) in [7, 11) is 2.66. The third kappa shape index (κ3) is 5.39. The van der Waals surface area contributed by atoms with Crippen LogP contribution in [0.5, 0.6) is 17.2 Å². The maximum atomic E-state index is 15.2. The van der Waals surface area contributed by atoms with Crippen molar-refractivity contribution in [3.8, 4) is 17.2 Å². The molecule has 2 aliphatic rings. The molecule has 2 amide bonds. The van der Waals surface area contributed by atoms with E-state index >= 15 is 4.39 Å². The topological polar surface area (TPSA) is 173 Å². The molecule has 1 unspecified atom stereocenters. The third-order valence-electron chi connectivity index (χ3n) is 6.91. The third-order valence-corrected chi connectivity index (χ3v) is 6.91. The number of ether oxygens (including phenoxy) is 3. The van der Waals surface area contributed by atoms with Crippen molar-refractivity contribution in [3.63, 3.8) is 0 Å². The number of nitrogens with two attached hydrogens (primary N) is 1. The summed E-state index contributed by atoms with van der Waals surface area (Å²) in [5.41, 5.74) is 5.96. The Hall–Kier alpha value is -4.68. The number of nitrogens with one attached hydrogen (secondary N) is 1. The lowest BCUT2D eigenvalue weighted by atomic mass is 9.83. The number of carboxylic acid groups (broad SMARTS) is 1. The number of benzene rings is 2. The molecular formula is C28H31FN4O8. The van der Waals surface area contributed by atoms with Gasteiger partial charge < -0.3 is 30.0 Å². The number of methoxy groups -OCH3 is 2. The molecule has 0 fully saturated rings. The number of carbonyl (C=O) groups is 4. The number of aliphatic carboxylic acids is 1. The average molecular weight is 571 g/mol. The highest BCUT2D eigenvalue weighted by Gasteiger charge is 2.40. The number of fused-ring (bicyclic) bond motifs is 2. The lowest BCUT2D eigenvalue weighted by Crippen LogP contribution is -2.50. The predicted molar refractivity (Wildman–Crippen MR) is 144 cm³/mol. The molecule has 0 saturated heterocycles. The van der Waals surface area contributed by atoms with Crippen molar-refractivity contribution in [1.29, 1.82) is 5.41 Å². The van der Waals surface area contributed by atoms with Crippen LogP contribution in [0.2, 0.25) is 0 Å². The number of ketones is 1. The number of hydrogen-bond acceptors (Lipinski definition) is 8. The van der Waals surface area contributed by atoms with E-state index in [-0.39, 0.29) is 53.0 Å². The summed E-state index contributed by atoms with van der Waals surface area (Å²) in [6.45, 7) is 4.75. The van der Waals surface area contributed by atoms with Crippen LogP contribution in [0.25, 0.3) is 0 Å². The van der Waals surface area contributed by atoms with Crippen LogP contribution >= 0.6 is 0 Å². The first-order chi connectivity index (χ1) is 19.2. The molecule has 4 rings (SSSR count). The summed E-state index contributed by atoms with van der Waals surface area (Å²) in [6, 6.07) is 4.52. The highest BCUT2D eigenvalue weighted by Crippen LogP contribution is 2.44. The van der Waals surface area contributed by atoms with E-state index in [1.807, 2.05) is 20.8 Å². The normalized spacial score (nSPS) is 16.2. The summed E-state index contributed by atoms with van der Waals surface area (Å²) in [4.78, 5) is 52.5. The summed E-state index contributed by atoms with van der Waals surface area (Å²) < 4.78 is 31.4. The monoisotopic (exact) mass is 570 g/mol. The fourth-order valence-corrected chi connectivity index (χ4v) is 4.97. The van der Waals surface area contributed by atoms with Crippen LogP contribution in [0.1, 0.15) is 54.2 Å². The van der Waals surface area contributed by atoms with Gasteiger partial charge in [0.2, 0.25) is 5.91 Å². The van der Waals surface area contributed by atoms with E-state index in [9.17, 15) is 24.3 Å². The molecule has 1 atom stereocenters. The highest BCUT2D eigenvalue weighted by atomic mass is 19.1. The van der Waals surface area contributed by atoms with Crippen LogP contribution in [-0.2, 0) is 26.3 Å². The summed E-state index contributed by atoms with van der Waals surface area (Å²) in [5.74, 6) is -4.12. The van der Waals surface area contributed by atoms with Gasteiger partial charge in [-0.1, -0.05) is 20.8 Å². The summed E-state index contributed by atoms with van der Waals surface area (Å²) in [6.07, 6.45) is -2.03. The van der Waals surface area contributed by atoms with Crippen molar-refractivity contribution < 1.29 is 42.9 Å². The predicted octanol–water partition coefficient (Wildman–Crippen LogP) is 2.22. The molecule has 41 heavy (non-hydrogen) atoms. The largest absolute Gasteiger partial charge is 0.493 e. The van der Waals surface area contributed by atoms with Gasteiger partial charge in [0, 0.05) is 17.7 Å². The van der Waals surface area contributed by atoms with Crippen LogP contribution in [-0.4, -0.2) is 72.8 Å². The number of hydrogen-bond donors (Lipinski definition) is 3. The molecular weight excluding hydrogens is 539 g/mol. The Morgan fingerprint density at radius 1 is 1.17 bits per heavy atom. The smallest absolute Gasteiger partial charge is 0.307 e. The van der Waals surface area contributed by atoms with E-state index in [0.29, 0.717) is 11.1 Å². The molecule has 0 bridgehead atoms. The van der Waals surface area contributed by atoms with Gasteiger partial charge in [-0.2, -0.15) is 0 Å². The maximum absolute atomic E-state index is 15.2. The first kappa shape index (κ1) is 29.3. The van der Waals surface area contributed by atoms with Crippen LogP contribution in [0.15, 0.2) is 18.2 Å². The highest BCUT2D eigenvalue weighted by molar-refractivity contribution is 6.09. The number of primary amides is 1. The van der Waals surface area contributed by atoms with E-state index in [0.717, 1.165) is 4.90 Å². The zero-order valence-electron chi connectivity index (χ0n) is 23.3. The van der Waals surface area contributed by atoms with E-state index in [1.165, 1.54) is 25.2 Å². The Bertz CT molecular complexity index is 1480. The van der Waals surface area contributed by atoms with Gasteiger partial charge >= 0.3 is 5.97 Å². The maximum Gasteiger partial charge on any atom is 0.307 e. The number of nitrogens with zero attached hydrogens (tertiary/aromatic N) is 2. The first-order valence-electron chi connectivity index (χ1n) is 12.6. The van der Waals surface area contributed by atoms with Crippen LogP contribution < -0.4 is 24.8 Å². The van der Waals surface area contributed by atoms with E-state index in [4.69, 9.17) is 25.4 Å². The zero-order valence-corrected chi connectivity index (χ0v) is 23.3.